The van der Waals surface area contributed by atoms with Crippen molar-refractivity contribution in [3.63, 3.8) is 0 Å². The van der Waals surface area contributed by atoms with E-state index < -0.39 is 12.0 Å². The molecule has 0 aliphatic heterocycles. The molecule has 2 nitrogen and oxygen atoms in total. The second-order valence-electron chi connectivity index (χ2n) is 4.38. The molecule has 0 saturated heterocycles. The van der Waals surface area contributed by atoms with Crippen molar-refractivity contribution in [3.8, 4) is 5.75 Å². The zero-order valence-electron chi connectivity index (χ0n) is 9.57. The second-order valence-corrected chi connectivity index (χ2v) is 4.38. The van der Waals surface area contributed by atoms with Crippen LogP contribution in [-0.2, 0) is 5.60 Å². The van der Waals surface area contributed by atoms with Gasteiger partial charge in [-0.3, -0.25) is 0 Å². The summed E-state index contributed by atoms with van der Waals surface area (Å²) >= 11 is 0. The van der Waals surface area contributed by atoms with Gasteiger partial charge in [-0.1, -0.05) is 24.8 Å². The Balaban J connectivity index is 2.19. The number of aliphatic hydroxyl groups is 1. The second kappa shape index (κ2) is 4.31. The molecule has 1 atom stereocenters. The van der Waals surface area contributed by atoms with Crippen LogP contribution < -0.4 is 4.74 Å². The van der Waals surface area contributed by atoms with Gasteiger partial charge in [-0.2, -0.15) is 0 Å². The topological polar surface area (TPSA) is 29.5 Å². The zero-order chi connectivity index (χ0) is 13.4. The van der Waals surface area contributed by atoms with E-state index in [0.29, 0.717) is 5.56 Å². The molecule has 1 aromatic carbocycles. The van der Waals surface area contributed by atoms with E-state index >= 15 is 0 Å². The first kappa shape index (κ1) is 13.0. The Hall–Kier alpha value is -1.49. The van der Waals surface area contributed by atoms with E-state index in [1.807, 2.05) is 0 Å². The minimum Gasteiger partial charge on any atom is -0.406 e. The average molecular weight is 258 g/mol. The van der Waals surface area contributed by atoms with Gasteiger partial charge < -0.3 is 9.84 Å². The van der Waals surface area contributed by atoms with E-state index in [2.05, 4.69) is 11.3 Å². The number of benzene rings is 1. The number of hydrogen-bond acceptors (Lipinski definition) is 2. The molecule has 1 aliphatic rings. The van der Waals surface area contributed by atoms with Gasteiger partial charge in [0.25, 0.3) is 0 Å². The third kappa shape index (κ3) is 2.67. The molecule has 98 valence electrons. The molecule has 0 spiro atoms. The normalized spacial score (nSPS) is 19.1. The predicted molar refractivity (Wildman–Crippen MR) is 59.9 cm³/mol. The van der Waals surface area contributed by atoms with Gasteiger partial charge >= 0.3 is 6.36 Å². The van der Waals surface area contributed by atoms with Crippen LogP contribution in [0.25, 0.3) is 0 Å². The minimum absolute atomic E-state index is 0.101. The molecule has 2 rings (SSSR count). The summed E-state index contributed by atoms with van der Waals surface area (Å²) in [5.74, 6) is -0.196. The van der Waals surface area contributed by atoms with Crippen LogP contribution in [0.15, 0.2) is 36.9 Å². The molecule has 1 aromatic rings. The summed E-state index contributed by atoms with van der Waals surface area (Å²) in [6, 6.07) is 5.25. The third-order valence-corrected chi connectivity index (χ3v) is 3.06. The van der Waals surface area contributed by atoms with Crippen molar-refractivity contribution >= 4 is 0 Å². The first-order valence-electron chi connectivity index (χ1n) is 5.57. The molecule has 0 bridgehead atoms. The highest BCUT2D eigenvalue weighted by Gasteiger charge is 2.42. The molecule has 0 radical (unpaired) electrons. The predicted octanol–water partition coefficient (Wildman–Crippen LogP) is 3.37. The van der Waals surface area contributed by atoms with E-state index in [0.717, 1.165) is 12.8 Å². The Morgan fingerprint density at radius 3 is 2.17 bits per heavy atom. The standard InChI is InChI=1S/C13H13F3O2/c1-2-12(17,9-3-4-9)10-5-7-11(8-6-10)18-13(14,15)16/h2,5-9,17H,1,3-4H2. The van der Waals surface area contributed by atoms with Gasteiger partial charge in [-0.25, -0.2) is 0 Å². The summed E-state index contributed by atoms with van der Waals surface area (Å²) in [4.78, 5) is 0. The summed E-state index contributed by atoms with van der Waals surface area (Å²) in [6.07, 6.45) is -1.48. The average Bonchev–Trinajstić information content (AvgIpc) is 3.11. The smallest absolute Gasteiger partial charge is 0.406 e. The number of alkyl halides is 3. The fourth-order valence-corrected chi connectivity index (χ4v) is 1.97. The van der Waals surface area contributed by atoms with Crippen LogP contribution in [0.5, 0.6) is 5.75 Å². The van der Waals surface area contributed by atoms with Crippen LogP contribution in [0.3, 0.4) is 0 Å². The fourth-order valence-electron chi connectivity index (χ4n) is 1.97. The largest absolute Gasteiger partial charge is 0.573 e. The van der Waals surface area contributed by atoms with E-state index in [1.165, 1.54) is 30.3 Å². The van der Waals surface area contributed by atoms with Crippen molar-refractivity contribution in [1.29, 1.82) is 0 Å². The molecule has 0 aromatic heterocycles. The van der Waals surface area contributed by atoms with Gasteiger partial charge in [0.15, 0.2) is 0 Å². The fraction of sp³-hybridized carbons (Fsp3) is 0.385. The lowest BCUT2D eigenvalue weighted by Gasteiger charge is -2.24. The van der Waals surface area contributed by atoms with E-state index in [9.17, 15) is 18.3 Å². The maximum Gasteiger partial charge on any atom is 0.573 e. The van der Waals surface area contributed by atoms with Crippen molar-refractivity contribution in [1.82, 2.24) is 0 Å². The first-order valence-corrected chi connectivity index (χ1v) is 5.57. The SMILES string of the molecule is C=CC(O)(c1ccc(OC(F)(F)F)cc1)C1CC1. The zero-order valence-corrected chi connectivity index (χ0v) is 9.57. The molecule has 5 heteroatoms. The van der Waals surface area contributed by atoms with E-state index in [4.69, 9.17) is 0 Å². The maximum atomic E-state index is 12.0. The number of halogens is 3. The molecule has 0 heterocycles. The maximum absolute atomic E-state index is 12.0. The highest BCUT2D eigenvalue weighted by molar-refractivity contribution is 5.35. The highest BCUT2D eigenvalue weighted by atomic mass is 19.4. The van der Waals surface area contributed by atoms with Crippen LogP contribution in [-0.4, -0.2) is 11.5 Å². The quantitative estimate of drug-likeness (QED) is 0.839. The van der Waals surface area contributed by atoms with Gasteiger partial charge in [0.1, 0.15) is 11.4 Å². The van der Waals surface area contributed by atoms with Crippen LogP contribution >= 0.6 is 0 Å². The van der Waals surface area contributed by atoms with Gasteiger partial charge in [-0.15, -0.1) is 13.2 Å². The summed E-state index contributed by atoms with van der Waals surface area (Å²) in [7, 11) is 0. The lowest BCUT2D eigenvalue weighted by molar-refractivity contribution is -0.274. The molecule has 18 heavy (non-hydrogen) atoms. The van der Waals surface area contributed by atoms with Crippen LogP contribution in [0.4, 0.5) is 13.2 Å². The Morgan fingerprint density at radius 1 is 1.22 bits per heavy atom. The molecule has 1 saturated carbocycles. The molecule has 1 unspecified atom stereocenters. The Morgan fingerprint density at radius 2 is 1.78 bits per heavy atom. The summed E-state index contributed by atoms with van der Waals surface area (Å²) in [6.45, 7) is 3.59. The summed E-state index contributed by atoms with van der Waals surface area (Å²) in [5, 5.41) is 10.4. The number of ether oxygens (including phenoxy) is 1. The molecule has 1 aliphatic carbocycles. The highest BCUT2D eigenvalue weighted by Crippen LogP contribution is 2.46. The lowest BCUT2D eigenvalue weighted by Crippen LogP contribution is -2.25. The molecule has 1 N–H and O–H groups in total. The lowest BCUT2D eigenvalue weighted by atomic mass is 9.89. The number of hydrogen-bond donors (Lipinski definition) is 1. The van der Waals surface area contributed by atoms with Crippen molar-refractivity contribution in [3.05, 3.63) is 42.5 Å². The summed E-state index contributed by atoms with van der Waals surface area (Å²) < 4.78 is 39.7. The molecular formula is C13H13F3O2. The van der Waals surface area contributed by atoms with Gasteiger partial charge in [0, 0.05) is 0 Å². The molecule has 0 amide bonds. The van der Waals surface area contributed by atoms with Gasteiger partial charge in [0.2, 0.25) is 0 Å². The summed E-state index contributed by atoms with van der Waals surface area (Å²) in [5.41, 5.74) is -0.619. The monoisotopic (exact) mass is 258 g/mol. The third-order valence-electron chi connectivity index (χ3n) is 3.06. The van der Waals surface area contributed by atoms with Crippen molar-refractivity contribution in [2.24, 2.45) is 5.92 Å². The minimum atomic E-state index is -4.70. The van der Waals surface area contributed by atoms with Crippen LogP contribution in [0.2, 0.25) is 0 Å². The Kier molecular flexibility index (Phi) is 3.11. The van der Waals surface area contributed by atoms with Gasteiger partial charge in [0.05, 0.1) is 0 Å². The van der Waals surface area contributed by atoms with Crippen molar-refractivity contribution in [2.75, 3.05) is 0 Å². The number of rotatable bonds is 4. The van der Waals surface area contributed by atoms with E-state index in [-0.39, 0.29) is 11.7 Å². The molecule has 1 fully saturated rings. The Labute approximate surface area is 103 Å². The van der Waals surface area contributed by atoms with Crippen molar-refractivity contribution in [2.45, 2.75) is 24.8 Å². The van der Waals surface area contributed by atoms with E-state index in [1.54, 1.807) is 0 Å². The molecular weight excluding hydrogens is 245 g/mol. The van der Waals surface area contributed by atoms with Crippen LogP contribution in [0.1, 0.15) is 18.4 Å². The van der Waals surface area contributed by atoms with Gasteiger partial charge in [-0.05, 0) is 36.5 Å². The van der Waals surface area contributed by atoms with Crippen LogP contribution in [0, 0.1) is 5.92 Å². The first-order chi connectivity index (χ1) is 8.35. The van der Waals surface area contributed by atoms with Crippen molar-refractivity contribution < 1.29 is 23.0 Å². The Bertz CT molecular complexity index is 435.